The van der Waals surface area contributed by atoms with Crippen LogP contribution in [0.15, 0.2) is 219 Å². The minimum atomic E-state index is -3.91. The van der Waals surface area contributed by atoms with E-state index >= 15 is 0 Å². The van der Waals surface area contributed by atoms with Gasteiger partial charge in [-0.25, -0.2) is 46.5 Å². The molecule has 5 aliphatic rings. The van der Waals surface area contributed by atoms with Gasteiger partial charge < -0.3 is 39.4 Å². The number of anilines is 8. The van der Waals surface area contributed by atoms with E-state index in [4.69, 9.17) is 4.52 Å². The molecular weight excluding hydrogens is 1850 g/mol. The number of sulfone groups is 1. The molecule has 8 heterocycles. The summed E-state index contributed by atoms with van der Waals surface area (Å²) in [4.78, 5) is 23.1. The van der Waals surface area contributed by atoms with Crippen molar-refractivity contribution >= 4 is 113 Å². The Bertz CT molecular complexity index is 6590. The number of aryl methyl sites for hydroxylation is 7. The van der Waals surface area contributed by atoms with Gasteiger partial charge in [0, 0.05) is 158 Å². The topological polar surface area (TPSA) is 339 Å². The van der Waals surface area contributed by atoms with Crippen molar-refractivity contribution in [3.8, 4) is 0 Å². The lowest BCUT2D eigenvalue weighted by Crippen LogP contribution is -2.41. The van der Waals surface area contributed by atoms with Gasteiger partial charge in [-0.1, -0.05) is 137 Å². The fourth-order valence-corrected chi connectivity index (χ4v) is 26.9. The molecule has 0 saturated carbocycles. The lowest BCUT2D eigenvalue weighted by molar-refractivity contribution is 0.0978. The third-order valence-corrected chi connectivity index (χ3v) is 35.3. The van der Waals surface area contributed by atoms with Gasteiger partial charge >= 0.3 is 0 Å². The zero-order chi connectivity index (χ0) is 98.8. The first-order chi connectivity index (χ1) is 65.1. The Morgan fingerprint density at radius 2 is 0.803 bits per heavy atom. The van der Waals surface area contributed by atoms with Crippen LogP contribution in [0.2, 0.25) is 0 Å². The number of carbonyl (C=O) groups is 1. The molecule has 0 radical (unpaired) electrons. The molecule has 0 amide bonds. The minimum Gasteiger partial charge on any atom is -0.388 e. The van der Waals surface area contributed by atoms with Gasteiger partial charge in [0.15, 0.2) is 15.6 Å². The first-order valence-corrected chi connectivity index (χ1v) is 55.9. The van der Waals surface area contributed by atoms with Gasteiger partial charge in [0.2, 0.25) is 0 Å². The first kappa shape index (κ1) is 104. The Labute approximate surface area is 814 Å². The highest BCUT2D eigenvalue weighted by molar-refractivity contribution is 7.94. The highest BCUT2D eigenvalue weighted by Gasteiger charge is 2.40. The van der Waals surface area contributed by atoms with E-state index in [1.165, 1.54) is 51.3 Å². The van der Waals surface area contributed by atoms with Crippen LogP contribution in [0.3, 0.4) is 0 Å². The molecule has 27 nitrogen and oxygen atoms in total. The zero-order valence-electron chi connectivity index (χ0n) is 81.2. The molecule has 1 saturated heterocycles. The monoisotopic (exact) mass is 1980 g/mol. The van der Waals surface area contributed by atoms with Crippen LogP contribution in [0.5, 0.6) is 0 Å². The molecule has 5 aliphatic heterocycles. The van der Waals surface area contributed by atoms with Crippen LogP contribution in [-0.2, 0) is 95.2 Å². The second-order valence-corrected chi connectivity index (χ2v) is 48.4. The Morgan fingerprint density at radius 1 is 0.438 bits per heavy atom. The maximum atomic E-state index is 13.9. The molecule has 4 unspecified atom stereocenters. The molecule has 0 bridgehead atoms. The smallest absolute Gasteiger partial charge is 0.264 e. The Hall–Kier alpha value is -10.6. The summed E-state index contributed by atoms with van der Waals surface area (Å²) < 4.78 is 150. The van der Waals surface area contributed by atoms with Gasteiger partial charge in [0.1, 0.15) is 5.76 Å². The van der Waals surface area contributed by atoms with E-state index in [0.29, 0.717) is 148 Å². The predicted octanol–water partition coefficient (Wildman–Crippen LogP) is 18.5. The summed E-state index contributed by atoms with van der Waals surface area (Å²) in [6, 6.07) is 52.4. The van der Waals surface area contributed by atoms with Gasteiger partial charge in [0.25, 0.3) is 40.1 Å². The van der Waals surface area contributed by atoms with Crippen molar-refractivity contribution in [2.24, 2.45) is 23.7 Å². The van der Waals surface area contributed by atoms with Crippen molar-refractivity contribution in [2.45, 2.75) is 225 Å². The van der Waals surface area contributed by atoms with Crippen LogP contribution in [-0.4, -0.2) is 153 Å². The van der Waals surface area contributed by atoms with Crippen LogP contribution >= 0.6 is 11.5 Å². The van der Waals surface area contributed by atoms with Crippen molar-refractivity contribution in [3.63, 3.8) is 0 Å². The Balaban J connectivity index is 0.000000154. The van der Waals surface area contributed by atoms with E-state index in [1.54, 1.807) is 54.9 Å². The molecule has 3 N–H and O–H groups in total. The number of fused-ring (bicyclic) bond motifs is 4. The standard InChI is InChI=1S/C27H35N3O4S.C26H32N4O3S.C26H33N3O3S2.C25H32N2O5S2/c1-6-21-7-9-22(10-8-21)30(16-18(2)3)35(32,33)23-11-12-26-24(15-23)27(31)13-14-29(26)17-25-19(4)28-34-20(25)5;1-4-20-5-7-22(8-6-20)30(17-19(2)3)34(32,33)23-9-10-25-24(15-23)26(31)12-14-29(25)18-21-11-13-27-28-16-21;1-5-20-6-8-22(9-7-20)29(16-18(2)3)34(31,32)23-10-11-25-24(14-23)26(30)12-13-28(25)17-21-15-27-33-19(21)4;1-4-19-5-7-20(8-6-19)27(16-18(2)3)34(31,32)22-9-10-24-23(15-22)25(28)11-13-26(24)21-12-14-33(29,30)17-21/h7-12,15,18,27,31H,6,13-14,16-17H2,1-5H3;5-11,13,15-16,19,26,31H,4,12,14,17-18H2,1-3H3;6-11,14-15,18,26,30H,5,12-13,16-17H2,1-4H3;5-10,15,18,21H,4,11-14,16-17H2,1-3H3. The van der Waals surface area contributed by atoms with Crippen molar-refractivity contribution in [2.75, 3.05) is 101 Å². The summed E-state index contributed by atoms with van der Waals surface area (Å²) in [7, 11) is -18.4. The number of rotatable bonds is 31. The van der Waals surface area contributed by atoms with E-state index in [1.807, 2.05) is 209 Å². The van der Waals surface area contributed by atoms with Crippen molar-refractivity contribution in [1.29, 1.82) is 0 Å². The third kappa shape index (κ3) is 24.5. The predicted molar refractivity (Wildman–Crippen MR) is 547 cm³/mol. The lowest BCUT2D eigenvalue weighted by atomic mass is 9.98. The van der Waals surface area contributed by atoms with Crippen LogP contribution in [0.25, 0.3) is 0 Å². The first-order valence-electron chi connectivity index (χ1n) is 47.5. The molecule has 11 aromatic rings. The fraction of sp³-hybridized carbons (Fsp3) is 0.433. The van der Waals surface area contributed by atoms with Gasteiger partial charge in [-0.2, -0.15) is 10.2 Å². The normalized spacial score (nSPS) is 17.0. The number of Topliss-reactive ketones (excluding diaryl/α,β-unsaturated/α-hetero) is 1. The van der Waals surface area contributed by atoms with Crippen molar-refractivity contribution in [1.82, 2.24) is 19.7 Å². The van der Waals surface area contributed by atoms with E-state index in [9.17, 15) is 62.2 Å². The van der Waals surface area contributed by atoms with Gasteiger partial charge in [-0.3, -0.25) is 22.0 Å². The lowest BCUT2D eigenvalue weighted by Gasteiger charge is -2.35. The molecule has 8 aromatic carbocycles. The van der Waals surface area contributed by atoms with E-state index in [2.05, 4.69) is 62.1 Å². The molecular formula is C104H132N12O15S6. The third-order valence-electron chi connectivity index (χ3n) is 25.7. The largest absolute Gasteiger partial charge is 0.388 e. The number of nitrogens with zero attached hydrogens (tertiary/aromatic N) is 12. The molecule has 137 heavy (non-hydrogen) atoms. The van der Waals surface area contributed by atoms with Gasteiger partial charge in [-0.15, -0.1) is 0 Å². The van der Waals surface area contributed by atoms with E-state index in [-0.39, 0.29) is 73.0 Å². The molecule has 3 aromatic heterocycles. The van der Waals surface area contributed by atoms with Crippen LogP contribution in [0, 0.1) is 44.4 Å². The molecule has 1 fully saturated rings. The average Bonchev–Trinajstić information content (AvgIpc) is 1.47. The molecule has 16 rings (SSSR count). The number of benzene rings is 8. The Kier molecular flexibility index (Phi) is 33.8. The minimum absolute atomic E-state index is 0.0661. The fourth-order valence-electron chi connectivity index (χ4n) is 17.9. The number of aliphatic hydroxyl groups excluding tert-OH is 3. The molecule has 33 heteroatoms. The number of sulfonamides is 4. The second-order valence-electron chi connectivity index (χ2n) is 37.7. The summed E-state index contributed by atoms with van der Waals surface area (Å²) in [6.45, 7) is 35.9. The van der Waals surface area contributed by atoms with Gasteiger partial charge in [-0.05, 0) is 263 Å². The second kappa shape index (κ2) is 44.7. The van der Waals surface area contributed by atoms with E-state index < -0.39 is 68.2 Å². The molecule has 734 valence electrons. The summed E-state index contributed by atoms with van der Waals surface area (Å²) in [5.74, 6) is 1.40. The highest BCUT2D eigenvalue weighted by atomic mass is 32.2. The maximum absolute atomic E-state index is 13.9. The zero-order valence-corrected chi connectivity index (χ0v) is 86.1. The number of aliphatic hydroxyl groups is 3. The number of hydrogen-bond donors (Lipinski definition) is 3. The van der Waals surface area contributed by atoms with E-state index in [0.717, 1.165) is 87.6 Å². The number of carbonyl (C=O) groups excluding carboxylic acids is 1. The molecule has 0 spiro atoms. The average molecular weight is 1980 g/mol. The van der Waals surface area contributed by atoms with Crippen LogP contribution in [0.1, 0.15) is 216 Å². The van der Waals surface area contributed by atoms with Crippen molar-refractivity contribution < 1.29 is 66.7 Å². The van der Waals surface area contributed by atoms with Crippen LogP contribution < -0.4 is 36.8 Å². The maximum Gasteiger partial charge on any atom is 0.264 e. The summed E-state index contributed by atoms with van der Waals surface area (Å²) in [5, 5.41) is 44.1. The van der Waals surface area contributed by atoms with Crippen molar-refractivity contribution in [3.05, 3.63) is 272 Å². The SMILES string of the molecule is CCc1ccc(N(CC(C)C)S(=O)(=O)c2ccc3c(c2)C(=O)CCN3C2CCS(=O)(=O)C2)cc1.CCc1ccc(N(CC(C)C)S(=O)(=O)c2ccc3c(c2)C(O)CCN3Cc2c(C)noc2C)cc1.CCc1ccc(N(CC(C)C)S(=O)(=O)c2ccc3c(c2)C(O)CCN3Cc2ccnnc2)cc1.CCc1ccc(N(CC(C)C)S(=O)(=O)c2ccc3c(c2)C(O)CCN3Cc2cnsc2C)cc1. The summed E-state index contributed by atoms with van der Waals surface area (Å²) in [6.07, 6.45) is 9.06. The number of hydrogen-bond acceptors (Lipinski definition) is 24. The number of ketones is 1. The summed E-state index contributed by atoms with van der Waals surface area (Å²) in [5.41, 5.74) is 16.6. The highest BCUT2D eigenvalue weighted by Crippen LogP contribution is 2.44. The van der Waals surface area contributed by atoms with Gasteiger partial charge in [0.05, 0.1) is 84.0 Å². The van der Waals surface area contributed by atoms with Crippen LogP contribution in [0.4, 0.5) is 45.5 Å². The summed E-state index contributed by atoms with van der Waals surface area (Å²) >= 11 is 1.48. The number of aromatic nitrogens is 4. The Morgan fingerprint density at radius 3 is 1.12 bits per heavy atom. The quantitative estimate of drug-likeness (QED) is 0.0363. The molecule has 0 aliphatic carbocycles. The molecule has 4 atom stereocenters.